The molecule has 0 aromatic carbocycles. The molecule has 0 aromatic heterocycles. The summed E-state index contributed by atoms with van der Waals surface area (Å²) in [4.78, 5) is 18.3. The molecule has 0 aliphatic heterocycles. The van der Waals surface area contributed by atoms with E-state index >= 15 is 0 Å². The number of carbonyl (C=O) groups is 2. The van der Waals surface area contributed by atoms with Crippen LogP contribution in [0.25, 0.3) is 0 Å². The summed E-state index contributed by atoms with van der Waals surface area (Å²) in [5.41, 5.74) is 0. The first-order chi connectivity index (χ1) is 4.54. The SMILES string of the molecule is COC(=O)O.COC(=O)O.[Zn]. The Morgan fingerprint density at radius 3 is 1.09 bits per heavy atom. The summed E-state index contributed by atoms with van der Waals surface area (Å²) < 4.78 is 7.33. The number of carboxylic acid groups (broad SMARTS) is 2. The molecule has 62 valence electrons. The van der Waals surface area contributed by atoms with Crippen molar-refractivity contribution in [1.29, 1.82) is 0 Å². The zero-order valence-corrected chi connectivity index (χ0v) is 9.20. The topological polar surface area (TPSA) is 93.1 Å². The van der Waals surface area contributed by atoms with E-state index in [1.807, 2.05) is 0 Å². The van der Waals surface area contributed by atoms with E-state index in [0.717, 1.165) is 14.2 Å². The number of ether oxygens (including phenoxy) is 2. The molecular formula is C4H8O6Zn. The van der Waals surface area contributed by atoms with Gasteiger partial charge >= 0.3 is 12.3 Å². The molecule has 0 aliphatic carbocycles. The van der Waals surface area contributed by atoms with E-state index in [1.54, 1.807) is 0 Å². The van der Waals surface area contributed by atoms with E-state index in [9.17, 15) is 0 Å². The van der Waals surface area contributed by atoms with Gasteiger partial charge in [0.15, 0.2) is 0 Å². The maximum Gasteiger partial charge on any atom is 0.505 e. The van der Waals surface area contributed by atoms with Crippen LogP contribution in [0, 0.1) is 0 Å². The van der Waals surface area contributed by atoms with Gasteiger partial charge in [0.05, 0.1) is 14.2 Å². The molecule has 0 spiro atoms. The number of rotatable bonds is 0. The van der Waals surface area contributed by atoms with Crippen molar-refractivity contribution in [3.05, 3.63) is 0 Å². The van der Waals surface area contributed by atoms with Crippen molar-refractivity contribution in [2.75, 3.05) is 14.2 Å². The zero-order valence-electron chi connectivity index (χ0n) is 6.23. The molecular weight excluding hydrogens is 209 g/mol. The minimum atomic E-state index is -1.25. The molecule has 0 rings (SSSR count). The first kappa shape index (κ1) is 16.6. The molecule has 0 unspecified atom stereocenters. The van der Waals surface area contributed by atoms with Gasteiger partial charge in [-0.3, -0.25) is 0 Å². The molecule has 0 atom stereocenters. The van der Waals surface area contributed by atoms with Gasteiger partial charge in [-0.25, -0.2) is 9.59 Å². The largest absolute Gasteiger partial charge is 0.505 e. The Bertz CT molecular complexity index is 99.1. The minimum Gasteiger partial charge on any atom is -0.450 e. The van der Waals surface area contributed by atoms with E-state index in [2.05, 4.69) is 9.47 Å². The van der Waals surface area contributed by atoms with Crippen LogP contribution in [0.3, 0.4) is 0 Å². The average molecular weight is 217 g/mol. The Balaban J connectivity index is -0.000000107. The number of hydrogen-bond acceptors (Lipinski definition) is 4. The van der Waals surface area contributed by atoms with Gasteiger partial charge in [0.1, 0.15) is 0 Å². The summed E-state index contributed by atoms with van der Waals surface area (Å²) in [7, 11) is 2.20. The second kappa shape index (κ2) is 11.9. The number of hydrogen-bond donors (Lipinski definition) is 2. The van der Waals surface area contributed by atoms with Gasteiger partial charge in [-0.2, -0.15) is 0 Å². The normalized spacial score (nSPS) is 6.00. The van der Waals surface area contributed by atoms with Crippen LogP contribution in [0.1, 0.15) is 0 Å². The van der Waals surface area contributed by atoms with Gasteiger partial charge in [0, 0.05) is 19.5 Å². The van der Waals surface area contributed by atoms with Gasteiger partial charge in [-0.15, -0.1) is 0 Å². The van der Waals surface area contributed by atoms with E-state index in [-0.39, 0.29) is 19.5 Å². The zero-order chi connectivity index (χ0) is 8.57. The van der Waals surface area contributed by atoms with Crippen LogP contribution in [-0.2, 0) is 29.0 Å². The molecule has 0 fully saturated rings. The van der Waals surface area contributed by atoms with E-state index in [4.69, 9.17) is 19.8 Å². The van der Waals surface area contributed by atoms with E-state index < -0.39 is 12.3 Å². The Kier molecular flexibility index (Phi) is 18.0. The van der Waals surface area contributed by atoms with Gasteiger partial charge in [0.25, 0.3) is 0 Å². The van der Waals surface area contributed by atoms with E-state index in [0.29, 0.717) is 0 Å². The quantitative estimate of drug-likeness (QED) is 0.456. The molecule has 2 N–H and O–H groups in total. The molecule has 0 bridgehead atoms. The van der Waals surface area contributed by atoms with Crippen LogP contribution in [0.2, 0.25) is 0 Å². The summed E-state index contributed by atoms with van der Waals surface area (Å²) in [6.45, 7) is 0. The predicted octanol–water partition coefficient (Wildman–Crippen LogP) is 0.619. The van der Waals surface area contributed by atoms with Crippen molar-refractivity contribution in [3.8, 4) is 0 Å². The summed E-state index contributed by atoms with van der Waals surface area (Å²) in [6.07, 6.45) is -2.49. The van der Waals surface area contributed by atoms with Crippen LogP contribution in [0.5, 0.6) is 0 Å². The molecule has 0 saturated carbocycles. The van der Waals surface area contributed by atoms with Crippen molar-refractivity contribution >= 4 is 12.3 Å². The third-order valence-corrected chi connectivity index (χ3v) is 0.349. The van der Waals surface area contributed by atoms with Crippen molar-refractivity contribution in [3.63, 3.8) is 0 Å². The molecule has 6 nitrogen and oxygen atoms in total. The summed E-state index contributed by atoms with van der Waals surface area (Å²) >= 11 is 0. The van der Waals surface area contributed by atoms with Crippen LogP contribution in [0.15, 0.2) is 0 Å². The molecule has 11 heavy (non-hydrogen) atoms. The maximum atomic E-state index is 9.15. The third-order valence-electron chi connectivity index (χ3n) is 0.349. The predicted molar refractivity (Wildman–Crippen MR) is 30.1 cm³/mol. The van der Waals surface area contributed by atoms with Crippen molar-refractivity contribution in [2.45, 2.75) is 0 Å². The molecule has 0 aliphatic rings. The van der Waals surface area contributed by atoms with Crippen LogP contribution >= 0.6 is 0 Å². The minimum absolute atomic E-state index is 0. The van der Waals surface area contributed by atoms with Crippen LogP contribution in [-0.4, -0.2) is 36.7 Å². The monoisotopic (exact) mass is 216 g/mol. The summed E-state index contributed by atoms with van der Waals surface area (Å²) in [6, 6.07) is 0. The second-order valence-electron chi connectivity index (χ2n) is 0.940. The average Bonchev–Trinajstić information content (AvgIpc) is 1.89. The molecule has 0 saturated heterocycles. The molecule has 0 aromatic rings. The second-order valence-corrected chi connectivity index (χ2v) is 0.940. The fraction of sp³-hybridized carbons (Fsp3) is 0.500. The fourth-order valence-corrected chi connectivity index (χ4v) is 0. The van der Waals surface area contributed by atoms with Gasteiger partial charge in [0.2, 0.25) is 0 Å². The molecule has 0 amide bonds. The fourth-order valence-electron chi connectivity index (χ4n) is 0. The van der Waals surface area contributed by atoms with Crippen LogP contribution in [0.4, 0.5) is 9.59 Å². The molecule has 0 heterocycles. The molecule has 0 radical (unpaired) electrons. The van der Waals surface area contributed by atoms with Gasteiger partial charge in [-0.05, 0) is 0 Å². The first-order valence-electron chi connectivity index (χ1n) is 2.08. The Morgan fingerprint density at radius 2 is 1.09 bits per heavy atom. The Morgan fingerprint density at radius 1 is 1.00 bits per heavy atom. The molecule has 7 heteroatoms. The van der Waals surface area contributed by atoms with Crippen molar-refractivity contribution in [2.24, 2.45) is 0 Å². The van der Waals surface area contributed by atoms with Gasteiger partial charge in [-0.1, -0.05) is 0 Å². The third kappa shape index (κ3) is 47.0. The number of methoxy groups -OCH3 is 2. The smallest absolute Gasteiger partial charge is 0.450 e. The summed E-state index contributed by atoms with van der Waals surface area (Å²) in [5, 5.41) is 15.0. The standard InChI is InChI=1S/2C2H4O3.Zn/c2*1-5-2(3)4;/h2*1H3,(H,3,4);. The van der Waals surface area contributed by atoms with Crippen molar-refractivity contribution in [1.82, 2.24) is 0 Å². The summed E-state index contributed by atoms with van der Waals surface area (Å²) in [5.74, 6) is 0. The van der Waals surface area contributed by atoms with E-state index in [1.165, 1.54) is 0 Å². The maximum absolute atomic E-state index is 9.15. The van der Waals surface area contributed by atoms with Crippen LogP contribution < -0.4 is 0 Å². The Hall–Kier alpha value is -0.837. The van der Waals surface area contributed by atoms with Gasteiger partial charge < -0.3 is 19.7 Å². The first-order valence-corrected chi connectivity index (χ1v) is 2.08. The Labute approximate surface area is 75.9 Å². The van der Waals surface area contributed by atoms with Crippen molar-refractivity contribution < 1.29 is 48.8 Å².